The van der Waals surface area contributed by atoms with Crippen LogP contribution >= 0.6 is 38.5 Å². The fourth-order valence-electron chi connectivity index (χ4n) is 2.19. The number of benzene rings is 1. The van der Waals surface area contributed by atoms with Gasteiger partial charge in [-0.05, 0) is 83.0 Å². The largest absolute Gasteiger partial charge is 0.326 e. The Morgan fingerprint density at radius 3 is 3.00 bits per heavy atom. The SMILES string of the molecule is CC1CC(C(=O)Nc2ccc(Br)c(I)c2)CCN1. The fourth-order valence-corrected chi connectivity index (χ4v) is 2.95. The second kappa shape index (κ2) is 6.34. The van der Waals surface area contributed by atoms with E-state index in [0.717, 1.165) is 33.1 Å². The van der Waals surface area contributed by atoms with Gasteiger partial charge < -0.3 is 10.6 Å². The Labute approximate surface area is 129 Å². The molecule has 1 aliphatic heterocycles. The molecule has 5 heteroatoms. The second-order valence-corrected chi connectivity index (χ2v) is 6.71. The van der Waals surface area contributed by atoms with E-state index < -0.39 is 0 Å². The first-order chi connectivity index (χ1) is 8.56. The summed E-state index contributed by atoms with van der Waals surface area (Å²) in [5.41, 5.74) is 0.874. The van der Waals surface area contributed by atoms with E-state index in [9.17, 15) is 4.79 Å². The monoisotopic (exact) mass is 422 g/mol. The number of amides is 1. The summed E-state index contributed by atoms with van der Waals surface area (Å²) in [7, 11) is 0. The van der Waals surface area contributed by atoms with Gasteiger partial charge in [-0.15, -0.1) is 0 Å². The third kappa shape index (κ3) is 3.68. The number of hydrogen-bond donors (Lipinski definition) is 2. The Morgan fingerprint density at radius 1 is 1.56 bits per heavy atom. The maximum Gasteiger partial charge on any atom is 0.227 e. The number of hydrogen-bond acceptors (Lipinski definition) is 2. The molecule has 2 atom stereocenters. The van der Waals surface area contributed by atoms with E-state index in [1.54, 1.807) is 0 Å². The van der Waals surface area contributed by atoms with E-state index in [4.69, 9.17) is 0 Å². The standard InChI is InChI=1S/C13H16BrIN2O/c1-8-6-9(4-5-16-8)13(18)17-10-2-3-11(14)12(15)7-10/h2-3,7-9,16H,4-6H2,1H3,(H,17,18). The molecule has 1 saturated heterocycles. The lowest BCUT2D eigenvalue weighted by Gasteiger charge is -2.27. The maximum atomic E-state index is 12.2. The second-order valence-electron chi connectivity index (χ2n) is 4.69. The fraction of sp³-hybridized carbons (Fsp3) is 0.462. The molecule has 0 aliphatic carbocycles. The molecule has 98 valence electrons. The Hall–Kier alpha value is -0.140. The van der Waals surface area contributed by atoms with Crippen molar-refractivity contribution in [1.82, 2.24) is 5.32 Å². The summed E-state index contributed by atoms with van der Waals surface area (Å²) in [6.07, 6.45) is 1.84. The zero-order valence-corrected chi connectivity index (χ0v) is 13.9. The van der Waals surface area contributed by atoms with Crippen LogP contribution in [0.1, 0.15) is 19.8 Å². The van der Waals surface area contributed by atoms with Crippen molar-refractivity contribution >= 4 is 50.1 Å². The lowest BCUT2D eigenvalue weighted by Crippen LogP contribution is -2.40. The number of halogens is 2. The third-order valence-corrected chi connectivity index (χ3v) is 5.51. The van der Waals surface area contributed by atoms with E-state index in [0.29, 0.717) is 6.04 Å². The number of rotatable bonds is 2. The Bertz CT molecular complexity index is 453. The van der Waals surface area contributed by atoms with E-state index in [1.807, 2.05) is 18.2 Å². The Morgan fingerprint density at radius 2 is 2.33 bits per heavy atom. The van der Waals surface area contributed by atoms with Crippen LogP contribution < -0.4 is 10.6 Å². The quantitative estimate of drug-likeness (QED) is 0.717. The van der Waals surface area contributed by atoms with Crippen molar-refractivity contribution in [2.24, 2.45) is 5.92 Å². The van der Waals surface area contributed by atoms with Crippen molar-refractivity contribution in [3.63, 3.8) is 0 Å². The number of anilines is 1. The predicted octanol–water partition coefficient (Wildman–Crippen LogP) is 3.38. The van der Waals surface area contributed by atoms with Crippen molar-refractivity contribution in [2.75, 3.05) is 11.9 Å². The van der Waals surface area contributed by atoms with Crippen LogP contribution in [0.15, 0.2) is 22.7 Å². The molecule has 0 radical (unpaired) electrons. The van der Waals surface area contributed by atoms with E-state index >= 15 is 0 Å². The Kier molecular flexibility index (Phi) is 5.03. The van der Waals surface area contributed by atoms with Gasteiger partial charge >= 0.3 is 0 Å². The molecular weight excluding hydrogens is 407 g/mol. The molecule has 1 heterocycles. The van der Waals surface area contributed by atoms with Gasteiger partial charge in [-0.25, -0.2) is 0 Å². The topological polar surface area (TPSA) is 41.1 Å². The van der Waals surface area contributed by atoms with Crippen molar-refractivity contribution in [2.45, 2.75) is 25.8 Å². The van der Waals surface area contributed by atoms with Crippen LogP contribution in [0.2, 0.25) is 0 Å². The van der Waals surface area contributed by atoms with Gasteiger partial charge in [0.15, 0.2) is 0 Å². The molecule has 1 aromatic rings. The molecule has 0 aromatic heterocycles. The minimum Gasteiger partial charge on any atom is -0.326 e. The van der Waals surface area contributed by atoms with Gasteiger partial charge in [0.2, 0.25) is 5.91 Å². The first-order valence-corrected chi connectivity index (χ1v) is 7.92. The highest BCUT2D eigenvalue weighted by Crippen LogP contribution is 2.24. The minimum atomic E-state index is 0.127. The molecule has 0 saturated carbocycles. The zero-order chi connectivity index (χ0) is 13.1. The number of piperidine rings is 1. The minimum absolute atomic E-state index is 0.127. The van der Waals surface area contributed by atoms with Crippen LogP contribution in [0.4, 0.5) is 5.69 Å². The van der Waals surface area contributed by atoms with Crippen molar-refractivity contribution in [1.29, 1.82) is 0 Å². The first-order valence-electron chi connectivity index (χ1n) is 6.05. The highest BCUT2D eigenvalue weighted by molar-refractivity contribution is 14.1. The average Bonchev–Trinajstić information content (AvgIpc) is 2.34. The molecule has 3 nitrogen and oxygen atoms in total. The molecule has 2 rings (SSSR count). The molecule has 18 heavy (non-hydrogen) atoms. The maximum absolute atomic E-state index is 12.2. The summed E-state index contributed by atoms with van der Waals surface area (Å²) in [5.74, 6) is 0.268. The van der Waals surface area contributed by atoms with Crippen LogP contribution in [0.3, 0.4) is 0 Å². The smallest absolute Gasteiger partial charge is 0.227 e. The van der Waals surface area contributed by atoms with E-state index in [-0.39, 0.29) is 11.8 Å². The van der Waals surface area contributed by atoms with Crippen LogP contribution in [0.5, 0.6) is 0 Å². The molecule has 2 N–H and O–H groups in total. The van der Waals surface area contributed by atoms with Gasteiger partial charge in [-0.3, -0.25) is 4.79 Å². The summed E-state index contributed by atoms with van der Waals surface area (Å²) in [4.78, 5) is 12.2. The van der Waals surface area contributed by atoms with Crippen LogP contribution in [0.25, 0.3) is 0 Å². The molecule has 0 spiro atoms. The molecule has 1 amide bonds. The number of nitrogens with one attached hydrogen (secondary N) is 2. The average molecular weight is 423 g/mol. The van der Waals surface area contributed by atoms with Gasteiger partial charge in [0.25, 0.3) is 0 Å². The van der Waals surface area contributed by atoms with E-state index in [1.165, 1.54) is 0 Å². The Balaban J connectivity index is 2.00. The highest BCUT2D eigenvalue weighted by Gasteiger charge is 2.24. The molecule has 2 unspecified atom stereocenters. The van der Waals surface area contributed by atoms with Gasteiger partial charge in [0.1, 0.15) is 0 Å². The third-order valence-electron chi connectivity index (χ3n) is 3.18. The van der Waals surface area contributed by atoms with Crippen molar-refractivity contribution < 1.29 is 4.79 Å². The number of carbonyl (C=O) groups is 1. The van der Waals surface area contributed by atoms with Crippen molar-refractivity contribution in [3.05, 3.63) is 26.2 Å². The van der Waals surface area contributed by atoms with Crippen LogP contribution in [-0.2, 0) is 4.79 Å². The lowest BCUT2D eigenvalue weighted by atomic mass is 9.92. The summed E-state index contributed by atoms with van der Waals surface area (Å²) in [6.45, 7) is 3.05. The van der Waals surface area contributed by atoms with Gasteiger partial charge in [-0.1, -0.05) is 0 Å². The molecule has 1 fully saturated rings. The summed E-state index contributed by atoms with van der Waals surface area (Å²) >= 11 is 5.70. The van der Waals surface area contributed by atoms with Gasteiger partial charge in [0.05, 0.1) is 0 Å². The van der Waals surface area contributed by atoms with Crippen LogP contribution in [-0.4, -0.2) is 18.5 Å². The zero-order valence-electron chi connectivity index (χ0n) is 10.2. The van der Waals surface area contributed by atoms with Crippen molar-refractivity contribution in [3.8, 4) is 0 Å². The van der Waals surface area contributed by atoms with Gasteiger partial charge in [0, 0.05) is 25.7 Å². The molecule has 1 aliphatic rings. The summed E-state index contributed by atoms with van der Waals surface area (Å²) in [5, 5.41) is 6.37. The molecule has 0 bridgehead atoms. The summed E-state index contributed by atoms with van der Waals surface area (Å²) in [6, 6.07) is 6.30. The molecule has 1 aromatic carbocycles. The molecular formula is C13H16BrIN2O. The van der Waals surface area contributed by atoms with Gasteiger partial charge in [-0.2, -0.15) is 0 Å². The normalized spacial score (nSPS) is 23.7. The lowest BCUT2D eigenvalue weighted by molar-refractivity contribution is -0.120. The van der Waals surface area contributed by atoms with Crippen LogP contribution in [0, 0.1) is 9.49 Å². The van der Waals surface area contributed by atoms with E-state index in [2.05, 4.69) is 56.1 Å². The first kappa shape index (κ1) is 14.3. The number of carbonyl (C=O) groups excluding carboxylic acids is 1. The highest BCUT2D eigenvalue weighted by atomic mass is 127. The summed E-state index contributed by atoms with van der Waals surface area (Å²) < 4.78 is 2.15. The predicted molar refractivity (Wildman–Crippen MR) is 85.7 cm³/mol.